The fraction of sp³-hybridized carbons (Fsp3) is 0.900. The van der Waals surface area contributed by atoms with Crippen molar-refractivity contribution < 1.29 is 13.2 Å². The third kappa shape index (κ3) is 3.75. The molecule has 0 aromatic carbocycles. The second-order valence-corrected chi connectivity index (χ2v) is 6.67. The Bertz CT molecular complexity index is 345. The summed E-state index contributed by atoms with van der Waals surface area (Å²) in [5.74, 6) is 0.566. The van der Waals surface area contributed by atoms with Crippen molar-refractivity contribution in [2.24, 2.45) is 5.92 Å². The molecule has 1 amide bonds. The zero-order chi connectivity index (χ0) is 12.3. The number of hydrogen-bond acceptors (Lipinski definition) is 3. The predicted octanol–water partition coefficient (Wildman–Crippen LogP) is 0.136. The Labute approximate surface area is 97.5 Å². The van der Waals surface area contributed by atoms with Gasteiger partial charge >= 0.3 is 0 Å². The average Bonchev–Trinajstić information content (AvgIpc) is 2.17. The number of carbonyl (C=O) groups is 1. The van der Waals surface area contributed by atoms with Crippen LogP contribution in [-0.2, 0) is 14.8 Å². The third-order valence-corrected chi connectivity index (χ3v) is 4.32. The normalized spacial score (nSPS) is 19.1. The molecule has 0 aromatic rings. The van der Waals surface area contributed by atoms with E-state index in [1.807, 2.05) is 0 Å². The molecule has 94 valence electrons. The van der Waals surface area contributed by atoms with E-state index < -0.39 is 10.0 Å². The quantitative estimate of drug-likeness (QED) is 0.713. The molecule has 16 heavy (non-hydrogen) atoms. The topological polar surface area (TPSA) is 57.7 Å². The molecule has 0 aliphatic carbocycles. The van der Waals surface area contributed by atoms with Crippen LogP contribution in [0.1, 0.15) is 19.8 Å². The number of carbonyl (C=O) groups excluding carboxylic acids is 1. The maximum Gasteiger partial charge on any atom is 0.237 e. The van der Waals surface area contributed by atoms with E-state index >= 15 is 0 Å². The van der Waals surface area contributed by atoms with Crippen LogP contribution < -0.4 is 0 Å². The Morgan fingerprint density at radius 1 is 1.38 bits per heavy atom. The minimum Gasteiger partial charge on any atom is -0.342 e. The summed E-state index contributed by atoms with van der Waals surface area (Å²) in [6.07, 6.45) is 3.13. The Morgan fingerprint density at radius 2 is 1.88 bits per heavy atom. The lowest BCUT2D eigenvalue weighted by Gasteiger charge is -2.31. The molecule has 5 nitrogen and oxygen atoms in total. The number of hydrogen-bond donors (Lipinski definition) is 0. The zero-order valence-corrected chi connectivity index (χ0v) is 11.0. The van der Waals surface area contributed by atoms with Crippen molar-refractivity contribution in [2.45, 2.75) is 19.8 Å². The van der Waals surface area contributed by atoms with Gasteiger partial charge in [0.15, 0.2) is 0 Å². The molecule has 0 N–H and O–H groups in total. The number of piperidine rings is 1. The molecule has 1 heterocycles. The van der Waals surface area contributed by atoms with Crippen LogP contribution in [0.15, 0.2) is 0 Å². The van der Waals surface area contributed by atoms with Crippen molar-refractivity contribution in [2.75, 3.05) is 32.9 Å². The number of likely N-dealkylation sites (N-methyl/N-ethyl adjacent to an activating group) is 1. The smallest absolute Gasteiger partial charge is 0.237 e. The van der Waals surface area contributed by atoms with E-state index in [-0.39, 0.29) is 12.5 Å². The van der Waals surface area contributed by atoms with Crippen LogP contribution >= 0.6 is 0 Å². The predicted molar refractivity (Wildman–Crippen MR) is 62.5 cm³/mol. The fourth-order valence-corrected chi connectivity index (χ4v) is 2.01. The van der Waals surface area contributed by atoms with E-state index in [4.69, 9.17) is 0 Å². The van der Waals surface area contributed by atoms with Crippen molar-refractivity contribution >= 4 is 15.9 Å². The van der Waals surface area contributed by atoms with Crippen molar-refractivity contribution in [3.8, 4) is 0 Å². The largest absolute Gasteiger partial charge is 0.342 e. The molecule has 1 aliphatic rings. The zero-order valence-electron chi connectivity index (χ0n) is 10.1. The molecular weight excluding hydrogens is 228 g/mol. The Kier molecular flexibility index (Phi) is 4.32. The van der Waals surface area contributed by atoms with Gasteiger partial charge in [-0.15, -0.1) is 0 Å². The Morgan fingerprint density at radius 3 is 2.31 bits per heavy atom. The summed E-state index contributed by atoms with van der Waals surface area (Å²) in [7, 11) is -1.83. The van der Waals surface area contributed by atoms with Crippen LogP contribution in [0.25, 0.3) is 0 Å². The molecular formula is C10H20N2O3S. The van der Waals surface area contributed by atoms with Gasteiger partial charge in [-0.2, -0.15) is 4.31 Å². The van der Waals surface area contributed by atoms with Crippen molar-refractivity contribution in [1.29, 1.82) is 0 Å². The molecule has 1 aliphatic heterocycles. The second kappa shape index (κ2) is 5.14. The van der Waals surface area contributed by atoms with Gasteiger partial charge in [-0.05, 0) is 18.8 Å². The molecule has 0 saturated carbocycles. The molecule has 0 aromatic heterocycles. The summed E-state index contributed by atoms with van der Waals surface area (Å²) in [5.41, 5.74) is 0. The molecule has 6 heteroatoms. The monoisotopic (exact) mass is 248 g/mol. The first-order valence-corrected chi connectivity index (χ1v) is 7.34. The summed E-state index contributed by atoms with van der Waals surface area (Å²) >= 11 is 0. The third-order valence-electron chi connectivity index (χ3n) is 3.06. The van der Waals surface area contributed by atoms with Crippen LogP contribution in [0.2, 0.25) is 0 Å². The van der Waals surface area contributed by atoms with E-state index in [0.29, 0.717) is 5.92 Å². The van der Waals surface area contributed by atoms with Gasteiger partial charge in [0.1, 0.15) is 0 Å². The molecule has 0 radical (unpaired) electrons. The second-order valence-electron chi connectivity index (χ2n) is 4.58. The van der Waals surface area contributed by atoms with E-state index in [2.05, 4.69) is 6.92 Å². The van der Waals surface area contributed by atoms with Crippen molar-refractivity contribution in [3.63, 3.8) is 0 Å². The number of rotatable bonds is 3. The number of sulfonamides is 1. The Balaban J connectivity index is 2.47. The van der Waals surface area contributed by atoms with Gasteiger partial charge in [0, 0.05) is 20.1 Å². The first-order chi connectivity index (χ1) is 7.30. The number of nitrogens with zero attached hydrogens (tertiary/aromatic N) is 2. The Hall–Kier alpha value is -0.620. The SMILES string of the molecule is CC1CCN(C(=O)CN(C)S(C)(=O)=O)CC1. The minimum atomic E-state index is -3.26. The highest BCUT2D eigenvalue weighted by atomic mass is 32.2. The van der Waals surface area contributed by atoms with Gasteiger partial charge in [-0.3, -0.25) is 4.79 Å². The number of amides is 1. The standard InChI is InChI=1S/C10H20N2O3S/c1-9-4-6-12(7-5-9)10(13)8-11(2)16(3,14)15/h9H,4-8H2,1-3H3. The van der Waals surface area contributed by atoms with Crippen LogP contribution in [0.4, 0.5) is 0 Å². The fourth-order valence-electron chi connectivity index (χ4n) is 1.67. The molecule has 0 atom stereocenters. The maximum atomic E-state index is 11.8. The molecule has 1 fully saturated rings. The van der Waals surface area contributed by atoms with Crippen molar-refractivity contribution in [3.05, 3.63) is 0 Å². The van der Waals surface area contributed by atoms with Crippen LogP contribution in [0.5, 0.6) is 0 Å². The maximum absolute atomic E-state index is 11.8. The summed E-state index contributed by atoms with van der Waals surface area (Å²) in [4.78, 5) is 13.5. The van der Waals surface area contributed by atoms with E-state index in [9.17, 15) is 13.2 Å². The summed E-state index contributed by atoms with van der Waals surface area (Å²) in [5, 5.41) is 0. The summed E-state index contributed by atoms with van der Waals surface area (Å²) in [6.45, 7) is 3.62. The summed E-state index contributed by atoms with van der Waals surface area (Å²) < 4.78 is 23.4. The highest BCUT2D eigenvalue weighted by molar-refractivity contribution is 7.88. The highest BCUT2D eigenvalue weighted by Crippen LogP contribution is 2.16. The van der Waals surface area contributed by atoms with E-state index in [0.717, 1.165) is 36.5 Å². The first kappa shape index (κ1) is 13.4. The van der Waals surface area contributed by atoms with Gasteiger partial charge in [0.2, 0.25) is 15.9 Å². The lowest BCUT2D eigenvalue weighted by molar-refractivity contribution is -0.132. The van der Waals surface area contributed by atoms with Gasteiger partial charge in [0.25, 0.3) is 0 Å². The lowest BCUT2D eigenvalue weighted by atomic mass is 9.99. The molecule has 1 saturated heterocycles. The van der Waals surface area contributed by atoms with Gasteiger partial charge in [-0.1, -0.05) is 6.92 Å². The van der Waals surface area contributed by atoms with Gasteiger partial charge in [-0.25, -0.2) is 8.42 Å². The average molecular weight is 248 g/mol. The van der Waals surface area contributed by atoms with Gasteiger partial charge in [0.05, 0.1) is 12.8 Å². The molecule has 0 bridgehead atoms. The van der Waals surface area contributed by atoms with E-state index in [1.54, 1.807) is 4.90 Å². The van der Waals surface area contributed by atoms with Crippen molar-refractivity contribution in [1.82, 2.24) is 9.21 Å². The number of likely N-dealkylation sites (tertiary alicyclic amines) is 1. The highest BCUT2D eigenvalue weighted by Gasteiger charge is 2.23. The summed E-state index contributed by atoms with van der Waals surface area (Å²) in [6, 6.07) is 0. The van der Waals surface area contributed by atoms with Crippen LogP contribution in [0.3, 0.4) is 0 Å². The lowest BCUT2D eigenvalue weighted by Crippen LogP contribution is -2.44. The minimum absolute atomic E-state index is 0.0484. The molecule has 0 spiro atoms. The molecule has 1 rings (SSSR count). The van der Waals surface area contributed by atoms with Crippen LogP contribution in [0, 0.1) is 5.92 Å². The van der Waals surface area contributed by atoms with E-state index in [1.165, 1.54) is 7.05 Å². The first-order valence-electron chi connectivity index (χ1n) is 5.50. The van der Waals surface area contributed by atoms with Gasteiger partial charge < -0.3 is 4.90 Å². The van der Waals surface area contributed by atoms with Crippen LogP contribution in [-0.4, -0.2) is 56.5 Å². The molecule has 0 unspecified atom stereocenters.